The Bertz CT molecular complexity index is 644. The number of carbonyl (C=O) groups is 2. The number of carboxylic acids is 1. The molecule has 0 saturated carbocycles. The van der Waals surface area contributed by atoms with Crippen molar-refractivity contribution in [3.05, 3.63) is 54.2 Å². The summed E-state index contributed by atoms with van der Waals surface area (Å²) in [5.74, 6) is -0.727. The Kier molecular flexibility index (Phi) is 4.92. The Morgan fingerprint density at radius 1 is 1.14 bits per heavy atom. The van der Waals surface area contributed by atoms with Crippen LogP contribution in [0.2, 0.25) is 0 Å². The number of nitrogens with one attached hydrogen (secondary N) is 2. The number of aliphatic carboxylic acids is 1. The average molecular weight is 301 g/mol. The van der Waals surface area contributed by atoms with Crippen molar-refractivity contribution in [3.8, 4) is 5.75 Å². The molecule has 2 rings (SSSR count). The third-order valence-corrected chi connectivity index (χ3v) is 2.89. The van der Waals surface area contributed by atoms with E-state index in [4.69, 9.17) is 0 Å². The Morgan fingerprint density at radius 3 is 2.45 bits per heavy atom. The molecular formula is C15H15N3O4. The largest absolute Gasteiger partial charge is 0.508 e. The Hall–Kier alpha value is -3.09. The predicted molar refractivity (Wildman–Crippen MR) is 79.6 cm³/mol. The number of carbonyl (C=O) groups excluding carboxylic acids is 1. The van der Waals surface area contributed by atoms with Crippen molar-refractivity contribution in [1.82, 2.24) is 10.3 Å². The molecule has 114 valence electrons. The van der Waals surface area contributed by atoms with Gasteiger partial charge in [-0.2, -0.15) is 0 Å². The molecule has 0 radical (unpaired) electrons. The van der Waals surface area contributed by atoms with Gasteiger partial charge in [-0.05, 0) is 29.8 Å². The zero-order valence-corrected chi connectivity index (χ0v) is 11.6. The van der Waals surface area contributed by atoms with Crippen LogP contribution in [0.25, 0.3) is 0 Å². The molecule has 0 saturated heterocycles. The van der Waals surface area contributed by atoms with Gasteiger partial charge in [-0.25, -0.2) is 14.6 Å². The number of pyridine rings is 1. The van der Waals surface area contributed by atoms with Crippen molar-refractivity contribution in [2.24, 2.45) is 0 Å². The number of phenolic OH excluding ortho intramolecular Hbond substituents is 1. The van der Waals surface area contributed by atoms with E-state index in [-0.39, 0.29) is 12.2 Å². The second-order valence-corrected chi connectivity index (χ2v) is 4.57. The second kappa shape index (κ2) is 7.07. The highest BCUT2D eigenvalue weighted by molar-refractivity contribution is 5.91. The van der Waals surface area contributed by atoms with Gasteiger partial charge < -0.3 is 15.5 Å². The number of carboxylic acid groups (broad SMARTS) is 1. The maximum Gasteiger partial charge on any atom is 0.326 e. The summed E-state index contributed by atoms with van der Waals surface area (Å²) in [7, 11) is 0. The number of benzene rings is 1. The fourth-order valence-electron chi connectivity index (χ4n) is 1.82. The molecule has 1 atom stereocenters. The van der Waals surface area contributed by atoms with E-state index in [2.05, 4.69) is 15.6 Å². The van der Waals surface area contributed by atoms with Crippen molar-refractivity contribution in [2.45, 2.75) is 12.5 Å². The van der Waals surface area contributed by atoms with E-state index in [0.29, 0.717) is 11.4 Å². The van der Waals surface area contributed by atoms with Crippen LogP contribution in [0.4, 0.5) is 10.6 Å². The third-order valence-electron chi connectivity index (χ3n) is 2.89. The summed E-state index contributed by atoms with van der Waals surface area (Å²) in [5, 5.41) is 23.2. The van der Waals surface area contributed by atoms with Gasteiger partial charge in [0.1, 0.15) is 17.6 Å². The van der Waals surface area contributed by atoms with Crippen LogP contribution in [0.15, 0.2) is 48.7 Å². The lowest BCUT2D eigenvalue weighted by Crippen LogP contribution is -2.44. The molecule has 4 N–H and O–H groups in total. The standard InChI is InChI=1S/C15H15N3O4/c19-11-6-4-10(5-7-11)9-12(14(20)21)17-15(22)18-13-3-1-2-8-16-13/h1-8,12,19H,9H2,(H,20,21)(H2,16,17,18,22). The van der Waals surface area contributed by atoms with Gasteiger partial charge in [0, 0.05) is 12.6 Å². The summed E-state index contributed by atoms with van der Waals surface area (Å²) in [4.78, 5) is 27.0. The van der Waals surface area contributed by atoms with E-state index in [0.717, 1.165) is 0 Å². The van der Waals surface area contributed by atoms with Crippen LogP contribution in [-0.2, 0) is 11.2 Å². The van der Waals surface area contributed by atoms with Gasteiger partial charge in [-0.15, -0.1) is 0 Å². The molecule has 0 aliphatic rings. The molecule has 0 spiro atoms. The lowest BCUT2D eigenvalue weighted by molar-refractivity contribution is -0.139. The van der Waals surface area contributed by atoms with Crippen LogP contribution in [-0.4, -0.2) is 33.2 Å². The molecule has 1 unspecified atom stereocenters. The number of anilines is 1. The predicted octanol–water partition coefficient (Wildman–Crippen LogP) is 1.60. The normalized spacial score (nSPS) is 11.5. The molecular weight excluding hydrogens is 286 g/mol. The van der Waals surface area contributed by atoms with Crippen molar-refractivity contribution < 1.29 is 19.8 Å². The minimum atomic E-state index is -1.15. The summed E-state index contributed by atoms with van der Waals surface area (Å²) in [6.45, 7) is 0. The zero-order chi connectivity index (χ0) is 15.9. The van der Waals surface area contributed by atoms with Crippen LogP contribution in [0.1, 0.15) is 5.56 Å². The van der Waals surface area contributed by atoms with Gasteiger partial charge in [0.05, 0.1) is 0 Å². The highest BCUT2D eigenvalue weighted by Crippen LogP contribution is 2.11. The monoisotopic (exact) mass is 301 g/mol. The number of hydrogen-bond donors (Lipinski definition) is 4. The van der Waals surface area contributed by atoms with E-state index in [9.17, 15) is 19.8 Å². The topological polar surface area (TPSA) is 112 Å². The molecule has 7 nitrogen and oxygen atoms in total. The summed E-state index contributed by atoms with van der Waals surface area (Å²) in [6, 6.07) is 9.38. The molecule has 7 heteroatoms. The summed E-state index contributed by atoms with van der Waals surface area (Å²) in [5.41, 5.74) is 0.684. The fraction of sp³-hybridized carbons (Fsp3) is 0.133. The first kappa shape index (κ1) is 15.3. The minimum Gasteiger partial charge on any atom is -0.508 e. The van der Waals surface area contributed by atoms with Crippen molar-refractivity contribution >= 4 is 17.8 Å². The van der Waals surface area contributed by atoms with Crippen LogP contribution < -0.4 is 10.6 Å². The Labute approximate surface area is 126 Å². The second-order valence-electron chi connectivity index (χ2n) is 4.57. The van der Waals surface area contributed by atoms with Crippen LogP contribution in [0.3, 0.4) is 0 Å². The Balaban J connectivity index is 1.98. The van der Waals surface area contributed by atoms with E-state index < -0.39 is 18.0 Å². The van der Waals surface area contributed by atoms with Crippen LogP contribution >= 0.6 is 0 Å². The quantitative estimate of drug-likeness (QED) is 0.670. The van der Waals surface area contributed by atoms with E-state index in [1.807, 2.05) is 0 Å². The van der Waals surface area contributed by atoms with Crippen LogP contribution in [0, 0.1) is 0 Å². The van der Waals surface area contributed by atoms with Crippen molar-refractivity contribution in [3.63, 3.8) is 0 Å². The van der Waals surface area contributed by atoms with Gasteiger partial charge in [-0.3, -0.25) is 5.32 Å². The van der Waals surface area contributed by atoms with Gasteiger partial charge in [-0.1, -0.05) is 18.2 Å². The SMILES string of the molecule is O=C(Nc1ccccn1)NC(Cc1ccc(O)cc1)C(=O)O. The molecule has 1 aromatic heterocycles. The molecule has 2 aromatic rings. The number of rotatable bonds is 5. The smallest absolute Gasteiger partial charge is 0.326 e. The molecule has 1 aromatic carbocycles. The van der Waals surface area contributed by atoms with Crippen molar-refractivity contribution in [1.29, 1.82) is 0 Å². The van der Waals surface area contributed by atoms with Crippen LogP contribution in [0.5, 0.6) is 5.75 Å². The number of phenols is 1. The number of aromatic hydroxyl groups is 1. The lowest BCUT2D eigenvalue weighted by Gasteiger charge is -2.15. The van der Waals surface area contributed by atoms with E-state index >= 15 is 0 Å². The Morgan fingerprint density at radius 2 is 1.86 bits per heavy atom. The first-order chi connectivity index (χ1) is 10.5. The molecule has 22 heavy (non-hydrogen) atoms. The third kappa shape index (κ3) is 4.48. The molecule has 0 aliphatic carbocycles. The van der Waals surface area contributed by atoms with Gasteiger partial charge in [0.25, 0.3) is 0 Å². The number of aromatic nitrogens is 1. The van der Waals surface area contributed by atoms with Gasteiger partial charge in [0.15, 0.2) is 0 Å². The molecule has 2 amide bonds. The lowest BCUT2D eigenvalue weighted by atomic mass is 10.1. The van der Waals surface area contributed by atoms with Crippen molar-refractivity contribution in [2.75, 3.05) is 5.32 Å². The zero-order valence-electron chi connectivity index (χ0n) is 11.6. The summed E-state index contributed by atoms with van der Waals surface area (Å²) >= 11 is 0. The first-order valence-electron chi connectivity index (χ1n) is 6.54. The number of hydrogen-bond acceptors (Lipinski definition) is 4. The molecule has 1 heterocycles. The highest BCUT2D eigenvalue weighted by atomic mass is 16.4. The summed E-state index contributed by atoms with van der Waals surface area (Å²) < 4.78 is 0. The fourth-order valence-corrected chi connectivity index (χ4v) is 1.82. The van der Waals surface area contributed by atoms with E-state index in [1.165, 1.54) is 18.3 Å². The number of amides is 2. The van der Waals surface area contributed by atoms with Gasteiger partial charge in [0.2, 0.25) is 0 Å². The molecule has 0 fully saturated rings. The highest BCUT2D eigenvalue weighted by Gasteiger charge is 2.20. The van der Waals surface area contributed by atoms with Gasteiger partial charge >= 0.3 is 12.0 Å². The van der Waals surface area contributed by atoms with E-state index in [1.54, 1.807) is 30.3 Å². The maximum absolute atomic E-state index is 11.8. The number of nitrogens with zero attached hydrogens (tertiary/aromatic N) is 1. The minimum absolute atomic E-state index is 0.0940. The summed E-state index contributed by atoms with van der Waals surface area (Å²) in [6.07, 6.45) is 1.62. The number of urea groups is 1. The first-order valence-corrected chi connectivity index (χ1v) is 6.54. The molecule has 0 aliphatic heterocycles. The molecule has 0 bridgehead atoms. The average Bonchev–Trinajstić information content (AvgIpc) is 2.49. The maximum atomic E-state index is 11.8.